The van der Waals surface area contributed by atoms with Crippen LogP contribution < -0.4 is 11.1 Å². The van der Waals surface area contributed by atoms with Gasteiger partial charge in [0.25, 0.3) is 0 Å². The average molecular weight is 307 g/mol. The van der Waals surface area contributed by atoms with Crippen LogP contribution in [-0.4, -0.2) is 35.8 Å². The quantitative estimate of drug-likeness (QED) is 0.871. The van der Waals surface area contributed by atoms with E-state index in [0.717, 1.165) is 25.8 Å². The molecule has 0 spiro atoms. The van der Waals surface area contributed by atoms with E-state index >= 15 is 0 Å². The van der Waals surface area contributed by atoms with Crippen LogP contribution >= 0.6 is 0 Å². The number of amides is 2. The predicted octanol–water partition coefficient (Wildman–Crippen LogP) is 1.80. The first kappa shape index (κ1) is 16.4. The number of benzene rings is 1. The molecule has 2 amide bonds. The lowest BCUT2D eigenvalue weighted by atomic mass is 9.99. The van der Waals surface area contributed by atoms with Crippen LogP contribution in [0.15, 0.2) is 18.2 Å². The van der Waals surface area contributed by atoms with E-state index in [1.54, 1.807) is 13.0 Å². The number of rotatable bonds is 5. The Morgan fingerprint density at radius 1 is 1.41 bits per heavy atom. The predicted molar refractivity (Wildman–Crippen MR) is 82.8 cm³/mol. The summed E-state index contributed by atoms with van der Waals surface area (Å²) in [6.45, 7) is 2.75. The smallest absolute Gasteiger partial charge is 0.238 e. The molecule has 0 aliphatic carbocycles. The molecule has 1 aromatic carbocycles. The maximum absolute atomic E-state index is 13.1. The minimum atomic E-state index is -0.341. The van der Waals surface area contributed by atoms with Crippen molar-refractivity contribution in [3.63, 3.8) is 0 Å². The highest BCUT2D eigenvalue weighted by Gasteiger charge is 2.25. The third-order valence-corrected chi connectivity index (χ3v) is 4.00. The fourth-order valence-electron chi connectivity index (χ4n) is 2.87. The van der Waals surface area contributed by atoms with Gasteiger partial charge in [0.2, 0.25) is 11.8 Å². The molecule has 1 aliphatic rings. The minimum absolute atomic E-state index is 0.0336. The largest absolute Gasteiger partial charge is 0.370 e. The molecule has 3 N–H and O–H groups in total. The molecule has 22 heavy (non-hydrogen) atoms. The monoisotopic (exact) mass is 307 g/mol. The first-order valence-electron chi connectivity index (χ1n) is 7.54. The molecule has 1 aromatic rings. The molecular weight excluding hydrogens is 285 g/mol. The van der Waals surface area contributed by atoms with Gasteiger partial charge < -0.3 is 11.1 Å². The van der Waals surface area contributed by atoms with Gasteiger partial charge in [-0.1, -0.05) is 6.42 Å². The summed E-state index contributed by atoms with van der Waals surface area (Å²) in [5, 5.41) is 2.80. The SMILES string of the molecule is Cc1cc(F)ccc1NC(=O)CN1CCCCC1CC(N)=O. The second-order valence-electron chi connectivity index (χ2n) is 5.80. The molecule has 0 bridgehead atoms. The molecule has 5 nitrogen and oxygen atoms in total. The van der Waals surface area contributed by atoms with Gasteiger partial charge in [0, 0.05) is 18.2 Å². The first-order chi connectivity index (χ1) is 10.5. The number of nitrogens with two attached hydrogens (primary N) is 1. The highest BCUT2D eigenvalue weighted by molar-refractivity contribution is 5.93. The number of hydrogen-bond acceptors (Lipinski definition) is 3. The van der Waals surface area contributed by atoms with E-state index in [-0.39, 0.29) is 36.6 Å². The van der Waals surface area contributed by atoms with E-state index in [0.29, 0.717) is 11.3 Å². The molecule has 120 valence electrons. The lowest BCUT2D eigenvalue weighted by Crippen LogP contribution is -2.45. The summed E-state index contributed by atoms with van der Waals surface area (Å²) < 4.78 is 13.1. The second kappa shape index (κ2) is 7.35. The Labute approximate surface area is 129 Å². The van der Waals surface area contributed by atoms with E-state index in [2.05, 4.69) is 5.32 Å². The summed E-state index contributed by atoms with van der Waals surface area (Å²) in [5.74, 6) is -0.828. The van der Waals surface area contributed by atoms with E-state index in [9.17, 15) is 14.0 Å². The summed E-state index contributed by atoms with van der Waals surface area (Å²) in [4.78, 5) is 25.3. The number of piperidine rings is 1. The standard InChI is InChI=1S/C16H22FN3O2/c1-11-8-12(17)5-6-14(11)19-16(22)10-20-7-3-2-4-13(20)9-15(18)21/h5-6,8,13H,2-4,7,9-10H2,1H3,(H2,18,21)(H,19,22). The first-order valence-corrected chi connectivity index (χ1v) is 7.54. The Morgan fingerprint density at radius 2 is 2.18 bits per heavy atom. The number of primary amides is 1. The van der Waals surface area contributed by atoms with Crippen LogP contribution in [0, 0.1) is 12.7 Å². The van der Waals surface area contributed by atoms with Gasteiger partial charge in [-0.15, -0.1) is 0 Å². The molecular formula is C16H22FN3O2. The highest BCUT2D eigenvalue weighted by Crippen LogP contribution is 2.20. The maximum Gasteiger partial charge on any atom is 0.238 e. The highest BCUT2D eigenvalue weighted by atomic mass is 19.1. The van der Waals surface area contributed by atoms with Gasteiger partial charge in [0.1, 0.15) is 5.82 Å². The summed E-state index contributed by atoms with van der Waals surface area (Å²) >= 11 is 0. The fourth-order valence-corrected chi connectivity index (χ4v) is 2.87. The van der Waals surface area contributed by atoms with Crippen molar-refractivity contribution in [2.45, 2.75) is 38.6 Å². The molecule has 1 atom stereocenters. The zero-order valence-electron chi connectivity index (χ0n) is 12.8. The number of hydrogen-bond donors (Lipinski definition) is 2. The van der Waals surface area contributed by atoms with E-state index in [4.69, 9.17) is 5.73 Å². The molecule has 2 rings (SSSR count). The van der Waals surface area contributed by atoms with E-state index in [1.807, 2.05) is 4.90 Å². The van der Waals surface area contributed by atoms with Crippen molar-refractivity contribution in [1.82, 2.24) is 4.90 Å². The zero-order chi connectivity index (χ0) is 16.1. The summed E-state index contributed by atoms with van der Waals surface area (Å²) in [7, 11) is 0. The fraction of sp³-hybridized carbons (Fsp3) is 0.500. The Morgan fingerprint density at radius 3 is 2.86 bits per heavy atom. The Hall–Kier alpha value is -1.95. The van der Waals surface area contributed by atoms with Crippen molar-refractivity contribution in [2.24, 2.45) is 5.73 Å². The van der Waals surface area contributed by atoms with Crippen molar-refractivity contribution >= 4 is 17.5 Å². The second-order valence-corrected chi connectivity index (χ2v) is 5.80. The lowest BCUT2D eigenvalue weighted by molar-refractivity contribution is -0.122. The number of likely N-dealkylation sites (tertiary alicyclic amines) is 1. The van der Waals surface area contributed by atoms with Gasteiger partial charge in [-0.3, -0.25) is 14.5 Å². The third-order valence-electron chi connectivity index (χ3n) is 4.00. The van der Waals surface area contributed by atoms with Gasteiger partial charge in [0.15, 0.2) is 0 Å². The number of nitrogens with one attached hydrogen (secondary N) is 1. The Bertz CT molecular complexity index is 562. The molecule has 1 saturated heterocycles. The molecule has 1 fully saturated rings. The lowest BCUT2D eigenvalue weighted by Gasteiger charge is -2.34. The minimum Gasteiger partial charge on any atom is -0.370 e. The van der Waals surface area contributed by atoms with E-state index < -0.39 is 0 Å². The van der Waals surface area contributed by atoms with Gasteiger partial charge in [-0.2, -0.15) is 0 Å². The maximum atomic E-state index is 13.1. The topological polar surface area (TPSA) is 75.4 Å². The normalized spacial score (nSPS) is 18.9. The van der Waals surface area contributed by atoms with Crippen LogP contribution in [0.5, 0.6) is 0 Å². The summed E-state index contributed by atoms with van der Waals surface area (Å²) in [5.41, 5.74) is 6.56. The number of halogens is 1. The van der Waals surface area contributed by atoms with Crippen LogP contribution in [-0.2, 0) is 9.59 Å². The van der Waals surface area contributed by atoms with Gasteiger partial charge in [-0.25, -0.2) is 4.39 Å². The third kappa shape index (κ3) is 4.53. The van der Waals surface area contributed by atoms with Crippen LogP contribution in [0.25, 0.3) is 0 Å². The number of nitrogens with zero attached hydrogens (tertiary/aromatic N) is 1. The number of anilines is 1. The average Bonchev–Trinajstić information content (AvgIpc) is 2.43. The van der Waals surface area contributed by atoms with Crippen LogP contribution in [0.1, 0.15) is 31.2 Å². The molecule has 6 heteroatoms. The van der Waals surface area contributed by atoms with Gasteiger partial charge >= 0.3 is 0 Å². The molecule has 0 radical (unpaired) electrons. The Kier molecular flexibility index (Phi) is 5.49. The Balaban J connectivity index is 1.96. The molecule has 1 unspecified atom stereocenters. The van der Waals surface area contributed by atoms with E-state index in [1.165, 1.54) is 12.1 Å². The summed E-state index contributed by atoms with van der Waals surface area (Å²) in [6, 6.07) is 4.29. The summed E-state index contributed by atoms with van der Waals surface area (Å²) in [6.07, 6.45) is 3.22. The van der Waals surface area contributed by atoms with Crippen LogP contribution in [0.3, 0.4) is 0 Å². The van der Waals surface area contributed by atoms with Crippen molar-refractivity contribution in [2.75, 3.05) is 18.4 Å². The zero-order valence-corrected chi connectivity index (χ0v) is 12.8. The van der Waals surface area contributed by atoms with Crippen molar-refractivity contribution < 1.29 is 14.0 Å². The van der Waals surface area contributed by atoms with Crippen molar-refractivity contribution in [3.8, 4) is 0 Å². The molecule has 0 aromatic heterocycles. The molecule has 1 aliphatic heterocycles. The van der Waals surface area contributed by atoms with Crippen molar-refractivity contribution in [3.05, 3.63) is 29.6 Å². The van der Waals surface area contributed by atoms with Crippen molar-refractivity contribution in [1.29, 1.82) is 0 Å². The number of aryl methyl sites for hydroxylation is 1. The number of carbonyl (C=O) groups excluding carboxylic acids is 2. The van der Waals surface area contributed by atoms with Gasteiger partial charge in [-0.05, 0) is 50.1 Å². The van der Waals surface area contributed by atoms with Crippen LogP contribution in [0.4, 0.5) is 10.1 Å². The van der Waals surface area contributed by atoms with Crippen LogP contribution in [0.2, 0.25) is 0 Å². The number of carbonyl (C=O) groups is 2. The molecule has 0 saturated carbocycles. The molecule has 1 heterocycles. The van der Waals surface area contributed by atoms with Gasteiger partial charge in [0.05, 0.1) is 6.54 Å².